The first kappa shape index (κ1) is 19.4. The Kier molecular flexibility index (Phi) is 7.44. The topological polar surface area (TPSA) is 70.7 Å². The number of nitrogens with zero attached hydrogens (tertiary/aromatic N) is 2. The minimum atomic E-state index is -0.616. The Balaban J connectivity index is 2.13. The molecule has 0 saturated carbocycles. The van der Waals surface area contributed by atoms with Crippen LogP contribution < -0.4 is 11.1 Å². The number of aliphatic imine (C=N–C) groups is 1. The zero-order valence-corrected chi connectivity index (χ0v) is 15.6. The van der Waals surface area contributed by atoms with Crippen LogP contribution in [0.4, 0.5) is 0 Å². The number of aldehydes is 1. The first-order chi connectivity index (χ1) is 12.1. The Morgan fingerprint density at radius 3 is 2.84 bits per heavy atom. The third-order valence-electron chi connectivity index (χ3n) is 5.24. The molecule has 1 saturated heterocycles. The normalized spacial score (nSPS) is 21.5. The molecular weight excluding hydrogens is 312 g/mol. The number of rotatable bonds is 8. The van der Waals surface area contributed by atoms with Crippen molar-refractivity contribution in [3.05, 3.63) is 35.9 Å². The van der Waals surface area contributed by atoms with Crippen LogP contribution in [0.15, 0.2) is 35.3 Å². The number of hydrogen-bond acceptors (Lipinski definition) is 3. The molecule has 0 spiro atoms. The number of likely N-dealkylation sites (tertiary alicyclic amines) is 1. The molecule has 25 heavy (non-hydrogen) atoms. The number of hydrogen-bond donors (Lipinski definition) is 2. The molecule has 1 heterocycles. The number of nitrogens with two attached hydrogens (primary N) is 1. The molecular formula is C20H32N4O. The van der Waals surface area contributed by atoms with Crippen LogP contribution in [-0.2, 0) is 11.3 Å². The van der Waals surface area contributed by atoms with Gasteiger partial charge in [-0.2, -0.15) is 0 Å². The molecule has 5 heteroatoms. The predicted molar refractivity (Wildman–Crippen MR) is 103 cm³/mol. The smallest absolute Gasteiger partial charge is 0.189 e. The van der Waals surface area contributed by atoms with E-state index in [-0.39, 0.29) is 5.92 Å². The van der Waals surface area contributed by atoms with Gasteiger partial charge in [0, 0.05) is 26.1 Å². The molecule has 5 nitrogen and oxygen atoms in total. The summed E-state index contributed by atoms with van der Waals surface area (Å²) in [5.41, 5.74) is 6.64. The van der Waals surface area contributed by atoms with Gasteiger partial charge in [-0.25, -0.2) is 0 Å². The first-order valence-electron chi connectivity index (χ1n) is 9.36. The minimum absolute atomic E-state index is 0.245. The third kappa shape index (κ3) is 5.30. The van der Waals surface area contributed by atoms with Crippen molar-refractivity contribution in [2.75, 3.05) is 20.1 Å². The lowest BCUT2D eigenvalue weighted by molar-refractivity contribution is -0.116. The zero-order chi connectivity index (χ0) is 18.1. The van der Waals surface area contributed by atoms with Gasteiger partial charge in [0.05, 0.1) is 5.54 Å². The van der Waals surface area contributed by atoms with E-state index in [0.29, 0.717) is 5.96 Å². The molecule has 0 aromatic heterocycles. The number of carbonyl (C=O) groups excluding carboxylic acids is 1. The maximum Gasteiger partial charge on any atom is 0.189 e. The number of unbranched alkanes of at least 4 members (excludes halogenated alkanes) is 1. The highest BCUT2D eigenvalue weighted by Gasteiger charge is 2.40. The van der Waals surface area contributed by atoms with Gasteiger partial charge in [0.15, 0.2) is 5.96 Å². The van der Waals surface area contributed by atoms with Gasteiger partial charge in [-0.15, -0.1) is 0 Å². The van der Waals surface area contributed by atoms with Gasteiger partial charge in [-0.05, 0) is 31.4 Å². The Hall–Kier alpha value is -1.88. The zero-order valence-electron chi connectivity index (χ0n) is 15.6. The molecule has 0 aliphatic carbocycles. The molecule has 138 valence electrons. The van der Waals surface area contributed by atoms with E-state index >= 15 is 0 Å². The second-order valence-corrected chi connectivity index (χ2v) is 7.06. The van der Waals surface area contributed by atoms with Crippen LogP contribution in [0, 0.1) is 5.92 Å². The number of nitrogens with one attached hydrogen (secondary N) is 1. The lowest BCUT2D eigenvalue weighted by Crippen LogP contribution is -2.60. The molecule has 1 aliphatic heterocycles. The Morgan fingerprint density at radius 1 is 1.44 bits per heavy atom. The number of benzene rings is 1. The maximum absolute atomic E-state index is 12.2. The van der Waals surface area contributed by atoms with Crippen LogP contribution in [0.2, 0.25) is 0 Å². The summed E-state index contributed by atoms with van der Waals surface area (Å²) >= 11 is 0. The van der Waals surface area contributed by atoms with Crippen molar-refractivity contribution >= 4 is 12.2 Å². The monoisotopic (exact) mass is 344 g/mol. The van der Waals surface area contributed by atoms with Gasteiger partial charge in [0.25, 0.3) is 0 Å². The second-order valence-electron chi connectivity index (χ2n) is 7.06. The van der Waals surface area contributed by atoms with E-state index in [1.54, 1.807) is 7.05 Å². The van der Waals surface area contributed by atoms with Gasteiger partial charge in [-0.1, -0.05) is 50.1 Å². The van der Waals surface area contributed by atoms with E-state index in [1.165, 1.54) is 5.56 Å². The van der Waals surface area contributed by atoms with E-state index in [1.807, 2.05) is 6.07 Å². The van der Waals surface area contributed by atoms with Crippen molar-refractivity contribution in [3.8, 4) is 0 Å². The molecule has 2 unspecified atom stereocenters. The SMILES string of the molecule is CCCCC(C=O)(NC(N)=NC)C1CCCN(Cc2ccccc2)C1. The average Bonchev–Trinajstić information content (AvgIpc) is 2.66. The fraction of sp³-hybridized carbons (Fsp3) is 0.600. The Bertz CT molecular complexity index is 560. The lowest BCUT2D eigenvalue weighted by Gasteiger charge is -2.43. The van der Waals surface area contributed by atoms with E-state index < -0.39 is 5.54 Å². The van der Waals surface area contributed by atoms with Crippen LogP contribution in [0.3, 0.4) is 0 Å². The third-order valence-corrected chi connectivity index (χ3v) is 5.24. The van der Waals surface area contributed by atoms with Crippen molar-refractivity contribution in [2.24, 2.45) is 16.6 Å². The Morgan fingerprint density at radius 2 is 2.20 bits per heavy atom. The van der Waals surface area contributed by atoms with Crippen molar-refractivity contribution in [2.45, 2.75) is 51.1 Å². The fourth-order valence-corrected chi connectivity index (χ4v) is 3.78. The number of carbonyl (C=O) groups is 1. The van der Waals surface area contributed by atoms with Gasteiger partial charge < -0.3 is 15.8 Å². The maximum atomic E-state index is 12.2. The van der Waals surface area contributed by atoms with E-state index in [4.69, 9.17) is 5.73 Å². The largest absolute Gasteiger partial charge is 0.370 e. The standard InChI is InChI=1S/C20H32N4O/c1-3-4-12-20(16-25,23-19(21)22-2)18-11-8-13-24(15-18)14-17-9-6-5-7-10-17/h5-7,9-10,16,18H,3-4,8,11-15H2,1-2H3,(H3,21,22,23). The quantitative estimate of drug-likeness (QED) is 0.432. The molecule has 3 N–H and O–H groups in total. The highest BCUT2D eigenvalue weighted by Crippen LogP contribution is 2.31. The predicted octanol–water partition coefficient (Wildman–Crippen LogP) is 2.56. The highest BCUT2D eigenvalue weighted by atomic mass is 16.1. The van der Waals surface area contributed by atoms with Crippen LogP contribution in [0.5, 0.6) is 0 Å². The minimum Gasteiger partial charge on any atom is -0.370 e. The Labute approximate surface area is 151 Å². The van der Waals surface area contributed by atoms with E-state index in [0.717, 1.165) is 58.0 Å². The summed E-state index contributed by atoms with van der Waals surface area (Å²) in [6.45, 7) is 5.06. The average molecular weight is 345 g/mol. The van der Waals surface area contributed by atoms with Crippen LogP contribution in [0.1, 0.15) is 44.6 Å². The molecule has 0 radical (unpaired) electrons. The van der Waals surface area contributed by atoms with Gasteiger partial charge in [-0.3, -0.25) is 9.89 Å². The molecule has 1 aromatic carbocycles. The summed E-state index contributed by atoms with van der Waals surface area (Å²) in [5, 5.41) is 3.25. The van der Waals surface area contributed by atoms with Crippen LogP contribution >= 0.6 is 0 Å². The summed E-state index contributed by atoms with van der Waals surface area (Å²) in [5.74, 6) is 0.595. The summed E-state index contributed by atoms with van der Waals surface area (Å²) < 4.78 is 0. The van der Waals surface area contributed by atoms with Gasteiger partial charge in [0.1, 0.15) is 6.29 Å². The summed E-state index contributed by atoms with van der Waals surface area (Å²) in [7, 11) is 1.65. The molecule has 2 atom stereocenters. The molecule has 0 bridgehead atoms. The first-order valence-corrected chi connectivity index (χ1v) is 9.36. The number of piperidine rings is 1. The highest BCUT2D eigenvalue weighted by molar-refractivity contribution is 5.83. The van der Waals surface area contributed by atoms with E-state index in [9.17, 15) is 4.79 Å². The van der Waals surface area contributed by atoms with Gasteiger partial charge >= 0.3 is 0 Å². The molecule has 2 rings (SSSR count). The summed E-state index contributed by atoms with van der Waals surface area (Å²) in [6, 6.07) is 10.5. The van der Waals surface area contributed by atoms with Crippen molar-refractivity contribution in [3.63, 3.8) is 0 Å². The fourth-order valence-electron chi connectivity index (χ4n) is 3.78. The lowest BCUT2D eigenvalue weighted by atomic mass is 9.76. The van der Waals surface area contributed by atoms with E-state index in [2.05, 4.69) is 46.4 Å². The molecule has 1 fully saturated rings. The molecule has 1 aromatic rings. The number of guanidine groups is 1. The van der Waals surface area contributed by atoms with Crippen molar-refractivity contribution in [1.29, 1.82) is 0 Å². The second kappa shape index (κ2) is 9.56. The summed E-state index contributed by atoms with van der Waals surface area (Å²) in [4.78, 5) is 18.6. The van der Waals surface area contributed by atoms with Crippen LogP contribution in [0.25, 0.3) is 0 Å². The van der Waals surface area contributed by atoms with Crippen molar-refractivity contribution in [1.82, 2.24) is 10.2 Å². The van der Waals surface area contributed by atoms with Gasteiger partial charge in [0.2, 0.25) is 0 Å². The molecule has 0 amide bonds. The van der Waals surface area contributed by atoms with Crippen molar-refractivity contribution < 1.29 is 4.79 Å². The molecule has 1 aliphatic rings. The van der Waals surface area contributed by atoms with Crippen LogP contribution in [-0.4, -0.2) is 42.8 Å². The summed E-state index contributed by atoms with van der Waals surface area (Å²) in [6.07, 6.45) is 6.07.